The van der Waals surface area contributed by atoms with E-state index in [4.69, 9.17) is 16.7 Å². The van der Waals surface area contributed by atoms with Gasteiger partial charge in [-0.1, -0.05) is 17.7 Å². The first kappa shape index (κ1) is 14.1. The molecule has 6 heteroatoms. The zero-order valence-electron chi connectivity index (χ0n) is 11.6. The summed E-state index contributed by atoms with van der Waals surface area (Å²) in [5.74, 6) is 0.859. The van der Waals surface area contributed by atoms with Crippen molar-refractivity contribution in [3.8, 4) is 0 Å². The van der Waals surface area contributed by atoms with Gasteiger partial charge in [0.05, 0.1) is 24.7 Å². The number of anilines is 2. The lowest BCUT2D eigenvalue weighted by molar-refractivity contribution is 0.276. The van der Waals surface area contributed by atoms with Gasteiger partial charge in [-0.25, -0.2) is 4.98 Å². The predicted molar refractivity (Wildman–Crippen MR) is 83.8 cm³/mol. The second-order valence-corrected chi connectivity index (χ2v) is 5.41. The standard InChI is InChI=1S/C15H17ClN4O/c16-12-2-1-3-14(8-12)19-4-6-20(7-5-19)15-10-17-13(11-21)9-18-15/h1-3,8-10,21H,4-7,11H2. The monoisotopic (exact) mass is 304 g/mol. The molecule has 3 rings (SSSR count). The van der Waals surface area contributed by atoms with Crippen LogP contribution in [-0.4, -0.2) is 41.3 Å². The van der Waals surface area contributed by atoms with E-state index in [9.17, 15) is 0 Å². The quantitative estimate of drug-likeness (QED) is 0.939. The van der Waals surface area contributed by atoms with Gasteiger partial charge in [0, 0.05) is 36.9 Å². The van der Waals surface area contributed by atoms with Gasteiger partial charge in [-0.05, 0) is 18.2 Å². The van der Waals surface area contributed by atoms with Gasteiger partial charge in [0.2, 0.25) is 0 Å². The minimum absolute atomic E-state index is 0.0736. The minimum Gasteiger partial charge on any atom is -0.390 e. The molecule has 1 saturated heterocycles. The molecule has 1 fully saturated rings. The third-order valence-corrected chi connectivity index (χ3v) is 3.87. The Morgan fingerprint density at radius 3 is 2.43 bits per heavy atom. The van der Waals surface area contributed by atoms with Crippen LogP contribution in [0.5, 0.6) is 0 Å². The topological polar surface area (TPSA) is 52.5 Å². The number of hydrogen-bond donors (Lipinski definition) is 1. The van der Waals surface area contributed by atoms with E-state index in [1.54, 1.807) is 12.4 Å². The maximum absolute atomic E-state index is 8.99. The predicted octanol–water partition coefficient (Wildman–Crippen LogP) is 1.95. The Bertz CT molecular complexity index is 597. The average Bonchev–Trinajstić information content (AvgIpc) is 2.55. The highest BCUT2D eigenvalue weighted by atomic mass is 35.5. The summed E-state index contributed by atoms with van der Waals surface area (Å²) in [5.41, 5.74) is 1.75. The first-order valence-electron chi connectivity index (χ1n) is 6.93. The summed E-state index contributed by atoms with van der Waals surface area (Å²) in [6.07, 6.45) is 3.35. The Labute approximate surface area is 128 Å². The summed E-state index contributed by atoms with van der Waals surface area (Å²) in [7, 11) is 0. The first-order valence-corrected chi connectivity index (χ1v) is 7.31. The molecule has 0 aliphatic carbocycles. The molecule has 0 radical (unpaired) electrons. The van der Waals surface area contributed by atoms with Crippen molar-refractivity contribution in [2.24, 2.45) is 0 Å². The minimum atomic E-state index is -0.0736. The van der Waals surface area contributed by atoms with Crippen molar-refractivity contribution in [2.75, 3.05) is 36.0 Å². The molecule has 21 heavy (non-hydrogen) atoms. The second-order valence-electron chi connectivity index (χ2n) is 4.98. The molecule has 0 unspecified atom stereocenters. The number of aliphatic hydroxyl groups excluding tert-OH is 1. The highest BCUT2D eigenvalue weighted by molar-refractivity contribution is 6.30. The molecule has 0 bridgehead atoms. The van der Waals surface area contributed by atoms with Gasteiger partial charge in [0.1, 0.15) is 5.82 Å². The van der Waals surface area contributed by atoms with E-state index >= 15 is 0 Å². The SMILES string of the molecule is OCc1cnc(N2CCN(c3cccc(Cl)c3)CC2)cn1. The fourth-order valence-corrected chi connectivity index (χ4v) is 2.64. The van der Waals surface area contributed by atoms with Crippen molar-refractivity contribution < 1.29 is 5.11 Å². The van der Waals surface area contributed by atoms with Crippen LogP contribution in [0.2, 0.25) is 5.02 Å². The van der Waals surface area contributed by atoms with Gasteiger partial charge < -0.3 is 14.9 Å². The third-order valence-electron chi connectivity index (χ3n) is 3.63. The molecule has 1 aromatic carbocycles. The molecule has 1 N–H and O–H groups in total. The first-order chi connectivity index (χ1) is 10.3. The van der Waals surface area contributed by atoms with Gasteiger partial charge >= 0.3 is 0 Å². The molecule has 1 aliphatic heterocycles. The maximum atomic E-state index is 8.99. The van der Waals surface area contributed by atoms with E-state index in [2.05, 4.69) is 25.8 Å². The maximum Gasteiger partial charge on any atom is 0.147 e. The van der Waals surface area contributed by atoms with Gasteiger partial charge in [-0.15, -0.1) is 0 Å². The molecule has 1 aliphatic rings. The smallest absolute Gasteiger partial charge is 0.147 e. The van der Waals surface area contributed by atoms with Crippen molar-refractivity contribution in [3.63, 3.8) is 0 Å². The van der Waals surface area contributed by atoms with E-state index < -0.39 is 0 Å². The van der Waals surface area contributed by atoms with Crippen LogP contribution in [0, 0.1) is 0 Å². The van der Waals surface area contributed by atoms with Crippen molar-refractivity contribution in [3.05, 3.63) is 47.4 Å². The molecular formula is C15H17ClN4O. The Kier molecular flexibility index (Phi) is 4.22. The van der Waals surface area contributed by atoms with Gasteiger partial charge in [0.15, 0.2) is 0 Å². The Balaban J connectivity index is 1.64. The van der Waals surface area contributed by atoms with Crippen molar-refractivity contribution in [1.29, 1.82) is 0 Å². The van der Waals surface area contributed by atoms with Crippen LogP contribution in [0.25, 0.3) is 0 Å². The number of halogens is 1. The largest absolute Gasteiger partial charge is 0.390 e. The number of rotatable bonds is 3. The third kappa shape index (κ3) is 3.25. The van der Waals surface area contributed by atoms with E-state index in [0.29, 0.717) is 5.69 Å². The number of piperazine rings is 1. The van der Waals surface area contributed by atoms with Gasteiger partial charge in [-0.3, -0.25) is 4.98 Å². The van der Waals surface area contributed by atoms with E-state index in [1.165, 1.54) is 0 Å². The highest BCUT2D eigenvalue weighted by Crippen LogP contribution is 2.22. The summed E-state index contributed by atoms with van der Waals surface area (Å²) >= 11 is 6.04. The van der Waals surface area contributed by atoms with E-state index in [-0.39, 0.29) is 6.61 Å². The lowest BCUT2D eigenvalue weighted by Gasteiger charge is -2.36. The molecular weight excluding hydrogens is 288 g/mol. The van der Waals surface area contributed by atoms with Crippen LogP contribution in [-0.2, 0) is 6.61 Å². The normalized spacial score (nSPS) is 15.3. The number of hydrogen-bond acceptors (Lipinski definition) is 5. The van der Waals surface area contributed by atoms with Crippen LogP contribution in [0.4, 0.5) is 11.5 Å². The second kappa shape index (κ2) is 6.28. The molecule has 0 saturated carbocycles. The van der Waals surface area contributed by atoms with Gasteiger partial charge in [-0.2, -0.15) is 0 Å². The molecule has 0 spiro atoms. The lowest BCUT2D eigenvalue weighted by Crippen LogP contribution is -2.46. The van der Waals surface area contributed by atoms with Crippen LogP contribution < -0.4 is 9.80 Å². The summed E-state index contributed by atoms with van der Waals surface area (Å²) in [4.78, 5) is 13.0. The molecule has 2 heterocycles. The van der Waals surface area contributed by atoms with Crippen molar-refractivity contribution >= 4 is 23.1 Å². The summed E-state index contributed by atoms with van der Waals surface area (Å²) < 4.78 is 0. The fraction of sp³-hybridized carbons (Fsp3) is 0.333. The molecule has 2 aromatic rings. The highest BCUT2D eigenvalue weighted by Gasteiger charge is 2.18. The lowest BCUT2D eigenvalue weighted by atomic mass is 10.2. The molecule has 5 nitrogen and oxygen atoms in total. The molecule has 1 aromatic heterocycles. The molecule has 0 amide bonds. The van der Waals surface area contributed by atoms with Gasteiger partial charge in [0.25, 0.3) is 0 Å². The summed E-state index contributed by atoms with van der Waals surface area (Å²) in [6, 6.07) is 7.94. The van der Waals surface area contributed by atoms with Crippen LogP contribution in [0.3, 0.4) is 0 Å². The van der Waals surface area contributed by atoms with E-state index in [1.807, 2.05) is 18.2 Å². The zero-order chi connectivity index (χ0) is 14.7. The number of aromatic nitrogens is 2. The van der Waals surface area contributed by atoms with E-state index in [0.717, 1.165) is 42.7 Å². The van der Waals surface area contributed by atoms with Crippen LogP contribution >= 0.6 is 11.6 Å². The number of aliphatic hydroxyl groups is 1. The van der Waals surface area contributed by atoms with Crippen LogP contribution in [0.1, 0.15) is 5.69 Å². The van der Waals surface area contributed by atoms with Crippen molar-refractivity contribution in [2.45, 2.75) is 6.61 Å². The summed E-state index contributed by atoms with van der Waals surface area (Å²) in [5, 5.41) is 9.75. The zero-order valence-corrected chi connectivity index (χ0v) is 12.4. The molecule has 110 valence electrons. The number of benzene rings is 1. The Hall–Kier alpha value is -1.85. The fourth-order valence-electron chi connectivity index (χ4n) is 2.46. The summed E-state index contributed by atoms with van der Waals surface area (Å²) in [6.45, 7) is 3.54. The van der Waals surface area contributed by atoms with Crippen molar-refractivity contribution in [1.82, 2.24) is 9.97 Å². The Morgan fingerprint density at radius 1 is 1.05 bits per heavy atom. The van der Waals surface area contributed by atoms with Crippen LogP contribution in [0.15, 0.2) is 36.7 Å². The number of nitrogens with zero attached hydrogens (tertiary/aromatic N) is 4. The average molecular weight is 305 g/mol. The molecule has 0 atom stereocenters. The Morgan fingerprint density at radius 2 is 1.81 bits per heavy atom.